The first kappa shape index (κ1) is 45.1. The molecule has 0 bridgehead atoms. The molecule has 2 aromatic rings. The highest BCUT2D eigenvalue weighted by atomic mass is 31.1. The Morgan fingerprint density at radius 3 is 1.11 bits per heavy atom. The van der Waals surface area contributed by atoms with Gasteiger partial charge in [-0.1, -0.05) is 55.5 Å². The van der Waals surface area contributed by atoms with Gasteiger partial charge < -0.3 is 30.6 Å². The first-order valence-electron chi connectivity index (χ1n) is 14.6. The van der Waals surface area contributed by atoms with Crippen molar-refractivity contribution in [3.63, 3.8) is 0 Å². The van der Waals surface area contributed by atoms with E-state index in [2.05, 4.69) is 13.2 Å². The lowest BCUT2D eigenvalue weighted by Gasteiger charge is -2.24. The summed E-state index contributed by atoms with van der Waals surface area (Å²) >= 11 is 0. The number of rotatable bonds is 13. The van der Waals surface area contributed by atoms with E-state index in [9.17, 15) is 24.0 Å². The first-order chi connectivity index (χ1) is 21.8. The van der Waals surface area contributed by atoms with Crippen LogP contribution in [0.2, 0.25) is 0 Å². The fourth-order valence-corrected chi connectivity index (χ4v) is 6.54. The number of aliphatic hydroxyl groups excluding tert-OH is 3. The molecule has 0 aromatic heterocycles. The Bertz CT molecular complexity index is 1260. The molecule has 0 spiro atoms. The second-order valence-corrected chi connectivity index (χ2v) is 13.0. The molecule has 0 aliphatic carbocycles. The number of carboxylic acids is 3. The highest BCUT2D eigenvalue weighted by Crippen LogP contribution is 2.46. The molecular formula is C35H49O11P. The summed E-state index contributed by atoms with van der Waals surface area (Å²) in [4.78, 5) is 56.5. The van der Waals surface area contributed by atoms with E-state index >= 15 is 0 Å². The van der Waals surface area contributed by atoms with Gasteiger partial charge >= 0.3 is 17.9 Å². The van der Waals surface area contributed by atoms with Gasteiger partial charge in [-0.3, -0.25) is 14.4 Å². The number of benzene rings is 2. The van der Waals surface area contributed by atoms with E-state index in [4.69, 9.17) is 30.6 Å². The van der Waals surface area contributed by atoms with E-state index in [0.717, 1.165) is 45.5 Å². The lowest BCUT2D eigenvalue weighted by atomic mass is 9.88. The van der Waals surface area contributed by atoms with E-state index in [1.807, 2.05) is 72.7 Å². The fourth-order valence-electron chi connectivity index (χ4n) is 4.29. The van der Waals surface area contributed by atoms with Crippen molar-refractivity contribution in [1.82, 2.24) is 0 Å². The maximum atomic E-state index is 13.4. The van der Waals surface area contributed by atoms with Crippen molar-refractivity contribution < 1.29 is 54.6 Å². The van der Waals surface area contributed by atoms with Crippen LogP contribution < -0.4 is 0 Å². The number of hydrogen-bond acceptors (Lipinski definition) is 8. The molecule has 0 atom stereocenters. The summed E-state index contributed by atoms with van der Waals surface area (Å²) in [6.07, 6.45) is 2.12. The Hall–Kier alpha value is -4.02. The predicted octanol–water partition coefficient (Wildman–Crippen LogP) is 5.35. The number of carboxylic acid groups (broad SMARTS) is 3. The van der Waals surface area contributed by atoms with Gasteiger partial charge in [-0.15, -0.1) is 0 Å². The Balaban J connectivity index is 0. The summed E-state index contributed by atoms with van der Waals surface area (Å²) in [6, 6.07) is 7.71. The van der Waals surface area contributed by atoms with Crippen LogP contribution in [0.15, 0.2) is 49.6 Å². The Morgan fingerprint density at radius 1 is 0.660 bits per heavy atom. The van der Waals surface area contributed by atoms with E-state index in [1.165, 1.54) is 0 Å². The van der Waals surface area contributed by atoms with Gasteiger partial charge in [0.2, 0.25) is 0 Å². The van der Waals surface area contributed by atoms with Crippen molar-refractivity contribution >= 4 is 36.9 Å². The topological polar surface area (TPSA) is 207 Å². The smallest absolute Gasteiger partial charge is 0.327 e. The lowest BCUT2D eigenvalue weighted by Crippen LogP contribution is -2.32. The molecule has 0 aliphatic rings. The summed E-state index contributed by atoms with van der Waals surface area (Å²) in [5, 5.41) is 50.3. The minimum absolute atomic E-state index is 0.0574. The van der Waals surface area contributed by atoms with Crippen LogP contribution in [0.25, 0.3) is 0 Å². The van der Waals surface area contributed by atoms with Crippen LogP contribution in [0.3, 0.4) is 0 Å². The van der Waals surface area contributed by atoms with Crippen LogP contribution in [-0.4, -0.2) is 85.6 Å². The number of aryl methyl sites for hydroxylation is 6. The van der Waals surface area contributed by atoms with Gasteiger partial charge in [0.15, 0.2) is 11.0 Å². The van der Waals surface area contributed by atoms with E-state index < -0.39 is 31.2 Å². The van der Waals surface area contributed by atoms with Crippen LogP contribution in [0.5, 0.6) is 0 Å². The molecule has 260 valence electrons. The van der Waals surface area contributed by atoms with Crippen LogP contribution in [0.4, 0.5) is 0 Å². The summed E-state index contributed by atoms with van der Waals surface area (Å²) in [5.41, 5.74) is 5.41. The van der Waals surface area contributed by atoms with E-state index in [-0.39, 0.29) is 43.5 Å². The molecule has 6 N–H and O–H groups in total. The van der Waals surface area contributed by atoms with Crippen molar-refractivity contribution in [2.45, 2.75) is 61.3 Å². The average Bonchev–Trinajstić information content (AvgIpc) is 2.98. The monoisotopic (exact) mass is 676 g/mol. The molecule has 0 amide bonds. The zero-order valence-corrected chi connectivity index (χ0v) is 29.2. The Morgan fingerprint density at radius 2 is 0.936 bits per heavy atom. The minimum atomic E-state index is -1.81. The molecule has 11 nitrogen and oxygen atoms in total. The van der Waals surface area contributed by atoms with Crippen molar-refractivity contribution in [1.29, 1.82) is 0 Å². The van der Waals surface area contributed by atoms with Gasteiger partial charge in [0.1, 0.15) is 0 Å². The molecule has 12 heteroatoms. The summed E-state index contributed by atoms with van der Waals surface area (Å²) < 4.78 is 0. The SMILES string of the molecule is C=CC(=O)O.C=CC(=O)O.CCC(CO)(CO)CO.Cc1cc(C)c(C(=O)P(CCC(=O)O)C(=O)c2c(C)cc(C)cc2C)c(C)c1. The molecule has 0 radical (unpaired) electrons. The maximum Gasteiger partial charge on any atom is 0.327 e. The highest BCUT2D eigenvalue weighted by Gasteiger charge is 2.32. The highest BCUT2D eigenvalue weighted by molar-refractivity contribution is 7.90. The van der Waals surface area contributed by atoms with Crippen molar-refractivity contribution in [2.24, 2.45) is 5.41 Å². The first-order valence-corrected chi connectivity index (χ1v) is 16.1. The predicted molar refractivity (Wildman–Crippen MR) is 184 cm³/mol. The Kier molecular flexibility index (Phi) is 21.6. The third-order valence-corrected chi connectivity index (χ3v) is 9.03. The van der Waals surface area contributed by atoms with Gasteiger partial charge in [-0.25, -0.2) is 9.59 Å². The van der Waals surface area contributed by atoms with Crippen molar-refractivity contribution in [2.75, 3.05) is 26.0 Å². The van der Waals surface area contributed by atoms with Crippen molar-refractivity contribution in [3.8, 4) is 0 Å². The quantitative estimate of drug-likeness (QED) is 0.118. The normalized spacial score (nSPS) is 10.2. The zero-order chi connectivity index (χ0) is 37.1. The van der Waals surface area contributed by atoms with Crippen LogP contribution in [-0.2, 0) is 14.4 Å². The molecule has 0 saturated heterocycles. The fraction of sp³-hybridized carbons (Fsp3) is 0.400. The molecule has 0 heterocycles. The second kappa shape index (κ2) is 22.5. The van der Waals surface area contributed by atoms with E-state index in [1.54, 1.807) is 0 Å². The number of carbonyl (C=O) groups excluding carboxylic acids is 2. The average molecular weight is 677 g/mol. The van der Waals surface area contributed by atoms with Crippen LogP contribution in [0, 0.1) is 47.0 Å². The minimum Gasteiger partial charge on any atom is -0.481 e. The molecule has 2 aromatic carbocycles. The molecule has 0 aliphatic heterocycles. The third kappa shape index (κ3) is 15.9. The molecule has 47 heavy (non-hydrogen) atoms. The summed E-state index contributed by atoms with van der Waals surface area (Å²) in [6.45, 7) is 18.7. The molecular weight excluding hydrogens is 627 g/mol. The van der Waals surface area contributed by atoms with Gasteiger partial charge in [0.05, 0.1) is 26.2 Å². The standard InChI is InChI=1S/C23H27O4P.C6H14O3.2C3H4O2/c1-13-9-15(3)20(16(4)10-13)22(26)28(8-7-19(24)25)23(27)21-17(5)11-14(2)12-18(21)6;1-2-6(3-7,4-8)5-9;2*1-2-3(4)5/h9-12H,7-8H2,1-6H3,(H,24,25);7-9H,2-5H2,1H3;2*2H,1H2,(H,4,5). The molecule has 0 fully saturated rings. The summed E-state index contributed by atoms with van der Waals surface area (Å²) in [7, 11) is -1.81. The van der Waals surface area contributed by atoms with Gasteiger partial charge in [-0.05, 0) is 76.4 Å². The number of hydrogen-bond donors (Lipinski definition) is 6. The zero-order valence-electron chi connectivity index (χ0n) is 28.3. The molecule has 0 unspecified atom stereocenters. The maximum absolute atomic E-state index is 13.4. The van der Waals surface area contributed by atoms with Gasteiger partial charge in [0.25, 0.3) is 0 Å². The molecule has 2 rings (SSSR count). The van der Waals surface area contributed by atoms with Crippen LogP contribution in [0.1, 0.15) is 73.9 Å². The lowest BCUT2D eigenvalue weighted by molar-refractivity contribution is -0.136. The third-order valence-electron chi connectivity index (χ3n) is 6.93. The largest absolute Gasteiger partial charge is 0.481 e. The van der Waals surface area contributed by atoms with Crippen molar-refractivity contribution in [3.05, 3.63) is 94.1 Å². The van der Waals surface area contributed by atoms with Gasteiger partial charge in [-0.2, -0.15) is 0 Å². The molecule has 0 saturated carbocycles. The number of carbonyl (C=O) groups is 5. The van der Waals surface area contributed by atoms with Crippen LogP contribution >= 0.6 is 7.92 Å². The Labute approximate surface area is 278 Å². The number of aliphatic carboxylic acids is 3. The number of aliphatic hydroxyl groups is 3. The van der Waals surface area contributed by atoms with Gasteiger partial charge in [0, 0.05) is 36.6 Å². The summed E-state index contributed by atoms with van der Waals surface area (Å²) in [5.74, 6) is -2.96. The second-order valence-electron chi connectivity index (χ2n) is 10.9. The van der Waals surface area contributed by atoms with E-state index in [0.29, 0.717) is 17.5 Å².